The van der Waals surface area contributed by atoms with Gasteiger partial charge in [0.15, 0.2) is 0 Å². The van der Waals surface area contributed by atoms with Crippen molar-refractivity contribution in [2.45, 2.75) is 13.0 Å². The molecule has 1 amide bonds. The maximum atomic E-state index is 11.2. The Bertz CT molecular complexity index is 172. The minimum absolute atomic E-state index is 0.0648. The SMILES string of the molecule is C[C@H]1CN(C(=O)CN)CCN1C. The predicted octanol–water partition coefficient (Wildman–Crippen LogP) is -0.892. The number of hydrogen-bond acceptors (Lipinski definition) is 3. The molecule has 0 saturated carbocycles. The Labute approximate surface area is 73.3 Å². The van der Waals surface area contributed by atoms with Gasteiger partial charge in [0, 0.05) is 25.7 Å². The van der Waals surface area contributed by atoms with E-state index in [4.69, 9.17) is 5.73 Å². The molecule has 0 unspecified atom stereocenters. The van der Waals surface area contributed by atoms with Crippen LogP contribution in [0.25, 0.3) is 0 Å². The van der Waals surface area contributed by atoms with Crippen molar-refractivity contribution in [3.8, 4) is 0 Å². The highest BCUT2D eigenvalue weighted by molar-refractivity contribution is 5.78. The summed E-state index contributed by atoms with van der Waals surface area (Å²) < 4.78 is 0. The van der Waals surface area contributed by atoms with E-state index in [-0.39, 0.29) is 12.5 Å². The zero-order valence-electron chi connectivity index (χ0n) is 7.79. The van der Waals surface area contributed by atoms with E-state index in [2.05, 4.69) is 18.9 Å². The molecular weight excluding hydrogens is 154 g/mol. The van der Waals surface area contributed by atoms with Crippen molar-refractivity contribution in [3.63, 3.8) is 0 Å². The van der Waals surface area contributed by atoms with Crippen LogP contribution in [0.1, 0.15) is 6.92 Å². The average molecular weight is 171 g/mol. The van der Waals surface area contributed by atoms with E-state index < -0.39 is 0 Å². The van der Waals surface area contributed by atoms with Crippen LogP contribution in [0.15, 0.2) is 0 Å². The second kappa shape index (κ2) is 3.87. The normalized spacial score (nSPS) is 25.9. The second-order valence-corrected chi connectivity index (χ2v) is 3.37. The number of hydrogen-bond donors (Lipinski definition) is 1. The lowest BCUT2D eigenvalue weighted by molar-refractivity contribution is -0.132. The van der Waals surface area contributed by atoms with E-state index in [1.165, 1.54) is 0 Å². The molecule has 70 valence electrons. The molecule has 0 aromatic rings. The minimum Gasteiger partial charge on any atom is -0.339 e. The van der Waals surface area contributed by atoms with Crippen LogP contribution in [-0.2, 0) is 4.79 Å². The van der Waals surface area contributed by atoms with Crippen molar-refractivity contribution in [3.05, 3.63) is 0 Å². The first-order valence-electron chi connectivity index (χ1n) is 4.33. The second-order valence-electron chi connectivity index (χ2n) is 3.37. The van der Waals surface area contributed by atoms with Crippen molar-refractivity contribution in [2.24, 2.45) is 5.73 Å². The molecule has 4 heteroatoms. The van der Waals surface area contributed by atoms with Gasteiger partial charge >= 0.3 is 0 Å². The summed E-state index contributed by atoms with van der Waals surface area (Å²) in [6.45, 7) is 4.84. The molecule has 1 rings (SSSR count). The fraction of sp³-hybridized carbons (Fsp3) is 0.875. The van der Waals surface area contributed by atoms with Gasteiger partial charge in [0.2, 0.25) is 5.91 Å². The third-order valence-corrected chi connectivity index (χ3v) is 2.49. The molecule has 0 bridgehead atoms. The van der Waals surface area contributed by atoms with Gasteiger partial charge in [-0.1, -0.05) is 0 Å². The summed E-state index contributed by atoms with van der Waals surface area (Å²) in [6, 6.07) is 0.453. The van der Waals surface area contributed by atoms with Crippen LogP contribution < -0.4 is 5.73 Å². The lowest BCUT2D eigenvalue weighted by atomic mass is 10.2. The lowest BCUT2D eigenvalue weighted by Gasteiger charge is -2.37. The Hall–Kier alpha value is -0.610. The average Bonchev–Trinajstić information content (AvgIpc) is 2.08. The van der Waals surface area contributed by atoms with Crippen molar-refractivity contribution in [2.75, 3.05) is 33.2 Å². The van der Waals surface area contributed by atoms with Crippen molar-refractivity contribution in [1.82, 2.24) is 9.80 Å². The molecule has 0 aliphatic carbocycles. The van der Waals surface area contributed by atoms with Gasteiger partial charge in [-0.3, -0.25) is 4.79 Å². The van der Waals surface area contributed by atoms with Gasteiger partial charge in [0.1, 0.15) is 0 Å². The molecule has 0 spiro atoms. The largest absolute Gasteiger partial charge is 0.339 e. The minimum atomic E-state index is 0.0648. The fourth-order valence-corrected chi connectivity index (χ4v) is 1.40. The highest BCUT2D eigenvalue weighted by atomic mass is 16.2. The van der Waals surface area contributed by atoms with Crippen LogP contribution in [0.2, 0.25) is 0 Å². The summed E-state index contributed by atoms with van der Waals surface area (Å²) in [7, 11) is 2.08. The number of likely N-dealkylation sites (N-methyl/N-ethyl adjacent to an activating group) is 1. The highest BCUT2D eigenvalue weighted by Crippen LogP contribution is 2.06. The summed E-state index contributed by atoms with van der Waals surface area (Å²) in [4.78, 5) is 15.3. The van der Waals surface area contributed by atoms with Crippen molar-refractivity contribution < 1.29 is 4.79 Å². The Morgan fingerprint density at radius 3 is 2.75 bits per heavy atom. The summed E-state index contributed by atoms with van der Waals surface area (Å²) in [6.07, 6.45) is 0. The molecule has 1 aliphatic heterocycles. The Morgan fingerprint density at radius 2 is 2.25 bits per heavy atom. The molecule has 0 aromatic carbocycles. The number of nitrogens with two attached hydrogens (primary N) is 1. The number of nitrogens with zero attached hydrogens (tertiary/aromatic N) is 2. The van der Waals surface area contributed by atoms with Gasteiger partial charge in [-0.05, 0) is 14.0 Å². The third kappa shape index (κ3) is 1.95. The van der Waals surface area contributed by atoms with Crippen molar-refractivity contribution >= 4 is 5.91 Å². The molecule has 0 radical (unpaired) electrons. The third-order valence-electron chi connectivity index (χ3n) is 2.49. The number of carbonyl (C=O) groups excluding carboxylic acids is 1. The van der Waals surface area contributed by atoms with Crippen LogP contribution in [0, 0.1) is 0 Å². The van der Waals surface area contributed by atoms with E-state index in [1.807, 2.05) is 4.90 Å². The van der Waals surface area contributed by atoms with Gasteiger partial charge in [0.05, 0.1) is 6.54 Å². The molecule has 1 fully saturated rings. The van der Waals surface area contributed by atoms with Gasteiger partial charge in [-0.2, -0.15) is 0 Å². The summed E-state index contributed by atoms with van der Waals surface area (Å²) >= 11 is 0. The molecule has 0 aromatic heterocycles. The number of piperazine rings is 1. The van der Waals surface area contributed by atoms with E-state index in [0.717, 1.165) is 19.6 Å². The number of carbonyl (C=O) groups is 1. The monoisotopic (exact) mass is 171 g/mol. The van der Waals surface area contributed by atoms with E-state index in [9.17, 15) is 4.79 Å². The van der Waals surface area contributed by atoms with Gasteiger partial charge < -0.3 is 15.5 Å². The standard InChI is InChI=1S/C8H17N3O/c1-7-6-11(8(12)5-9)4-3-10(7)2/h7H,3-6,9H2,1-2H3/t7-/m0/s1. The topological polar surface area (TPSA) is 49.6 Å². The molecule has 1 atom stereocenters. The zero-order valence-corrected chi connectivity index (χ0v) is 7.79. The first-order chi connectivity index (χ1) is 5.65. The molecule has 4 nitrogen and oxygen atoms in total. The van der Waals surface area contributed by atoms with Crippen LogP contribution in [0.5, 0.6) is 0 Å². The van der Waals surface area contributed by atoms with Crippen LogP contribution in [0.4, 0.5) is 0 Å². The maximum Gasteiger partial charge on any atom is 0.236 e. The van der Waals surface area contributed by atoms with E-state index >= 15 is 0 Å². The quantitative estimate of drug-likeness (QED) is 0.556. The highest BCUT2D eigenvalue weighted by Gasteiger charge is 2.22. The predicted molar refractivity (Wildman–Crippen MR) is 47.7 cm³/mol. The summed E-state index contributed by atoms with van der Waals surface area (Å²) in [5.41, 5.74) is 5.28. The number of rotatable bonds is 1. The molecular formula is C8H17N3O. The van der Waals surface area contributed by atoms with Gasteiger partial charge in [0.25, 0.3) is 0 Å². The van der Waals surface area contributed by atoms with Crippen molar-refractivity contribution in [1.29, 1.82) is 0 Å². The first kappa shape index (κ1) is 9.48. The molecule has 1 heterocycles. The summed E-state index contributed by atoms with van der Waals surface area (Å²) in [5.74, 6) is 0.0648. The van der Waals surface area contributed by atoms with E-state index in [1.54, 1.807) is 0 Å². The Kier molecular flexibility index (Phi) is 3.05. The van der Waals surface area contributed by atoms with Crippen LogP contribution in [-0.4, -0.2) is 55.0 Å². The zero-order chi connectivity index (χ0) is 9.14. The molecule has 2 N–H and O–H groups in total. The summed E-state index contributed by atoms with van der Waals surface area (Å²) in [5, 5.41) is 0. The Morgan fingerprint density at radius 1 is 1.58 bits per heavy atom. The smallest absolute Gasteiger partial charge is 0.236 e. The van der Waals surface area contributed by atoms with Gasteiger partial charge in [-0.25, -0.2) is 0 Å². The number of amides is 1. The maximum absolute atomic E-state index is 11.2. The fourth-order valence-electron chi connectivity index (χ4n) is 1.40. The molecule has 12 heavy (non-hydrogen) atoms. The van der Waals surface area contributed by atoms with Crippen LogP contribution in [0.3, 0.4) is 0 Å². The van der Waals surface area contributed by atoms with Crippen LogP contribution >= 0.6 is 0 Å². The molecule has 1 aliphatic rings. The van der Waals surface area contributed by atoms with E-state index in [0.29, 0.717) is 6.04 Å². The lowest BCUT2D eigenvalue weighted by Crippen LogP contribution is -2.53. The first-order valence-corrected chi connectivity index (χ1v) is 4.33. The molecule has 1 saturated heterocycles. The Balaban J connectivity index is 2.45. The van der Waals surface area contributed by atoms with Gasteiger partial charge in [-0.15, -0.1) is 0 Å².